The van der Waals surface area contributed by atoms with Gasteiger partial charge in [0.1, 0.15) is 11.5 Å². The third-order valence-corrected chi connectivity index (χ3v) is 3.08. The first-order valence-electron chi connectivity index (χ1n) is 6.29. The van der Waals surface area contributed by atoms with Crippen LogP contribution in [0.5, 0.6) is 11.5 Å². The first-order valence-corrected chi connectivity index (χ1v) is 6.29. The number of benzene rings is 2. The molecule has 0 aromatic heterocycles. The Morgan fingerprint density at radius 2 is 1.83 bits per heavy atom. The van der Waals surface area contributed by atoms with Gasteiger partial charge in [-0.3, -0.25) is 0 Å². The van der Waals surface area contributed by atoms with Crippen LogP contribution in [0, 0.1) is 6.92 Å². The van der Waals surface area contributed by atoms with Gasteiger partial charge in [-0.15, -0.1) is 0 Å². The summed E-state index contributed by atoms with van der Waals surface area (Å²) in [6.07, 6.45) is 1.02. The molecule has 0 amide bonds. The van der Waals surface area contributed by atoms with Crippen LogP contribution in [-0.2, 0) is 13.0 Å². The zero-order chi connectivity index (χ0) is 13.0. The van der Waals surface area contributed by atoms with E-state index in [9.17, 15) is 0 Å². The molecule has 2 nitrogen and oxygen atoms in total. The summed E-state index contributed by atoms with van der Waals surface area (Å²) >= 11 is 0. The number of hydrogen-bond acceptors (Lipinski definition) is 2. The SMILES string of the molecule is CCc1cccc(Oc2ccc(CN)c(C)c2)c1. The van der Waals surface area contributed by atoms with E-state index in [0.29, 0.717) is 6.54 Å². The van der Waals surface area contributed by atoms with Crippen molar-refractivity contribution in [3.05, 3.63) is 59.2 Å². The highest BCUT2D eigenvalue weighted by Gasteiger charge is 2.01. The Hall–Kier alpha value is -1.80. The lowest BCUT2D eigenvalue weighted by atomic mass is 10.1. The number of aryl methyl sites for hydroxylation is 2. The van der Waals surface area contributed by atoms with Gasteiger partial charge in [0.2, 0.25) is 0 Å². The number of nitrogens with two attached hydrogens (primary N) is 1. The van der Waals surface area contributed by atoms with E-state index < -0.39 is 0 Å². The predicted octanol–water partition coefficient (Wildman–Crippen LogP) is 3.81. The minimum atomic E-state index is 0.567. The topological polar surface area (TPSA) is 35.2 Å². The third-order valence-electron chi connectivity index (χ3n) is 3.08. The van der Waals surface area contributed by atoms with Gasteiger partial charge in [-0.1, -0.05) is 25.1 Å². The lowest BCUT2D eigenvalue weighted by Gasteiger charge is -2.09. The van der Waals surface area contributed by atoms with Crippen LogP contribution in [0.1, 0.15) is 23.6 Å². The first-order chi connectivity index (χ1) is 8.72. The lowest BCUT2D eigenvalue weighted by molar-refractivity contribution is 0.481. The van der Waals surface area contributed by atoms with Gasteiger partial charge in [0.15, 0.2) is 0 Å². The van der Waals surface area contributed by atoms with Crippen LogP contribution in [0.25, 0.3) is 0 Å². The molecular weight excluding hydrogens is 222 g/mol. The fraction of sp³-hybridized carbons (Fsp3) is 0.250. The van der Waals surface area contributed by atoms with E-state index in [1.807, 2.05) is 30.3 Å². The Morgan fingerprint density at radius 3 is 2.50 bits per heavy atom. The summed E-state index contributed by atoms with van der Waals surface area (Å²) in [5.74, 6) is 1.74. The Kier molecular flexibility index (Phi) is 4.00. The molecule has 0 atom stereocenters. The average molecular weight is 241 g/mol. The standard InChI is InChI=1S/C16H19NO/c1-3-13-5-4-6-15(10-13)18-16-8-7-14(11-17)12(2)9-16/h4-10H,3,11,17H2,1-2H3. The van der Waals surface area contributed by atoms with E-state index in [0.717, 1.165) is 23.5 Å². The molecule has 0 bridgehead atoms. The second-order valence-electron chi connectivity index (χ2n) is 4.40. The predicted molar refractivity (Wildman–Crippen MR) is 75.0 cm³/mol. The Bertz CT molecular complexity index is 534. The molecule has 0 heterocycles. The van der Waals surface area contributed by atoms with Crippen molar-refractivity contribution in [1.29, 1.82) is 0 Å². The van der Waals surface area contributed by atoms with Gasteiger partial charge >= 0.3 is 0 Å². The van der Waals surface area contributed by atoms with Crippen LogP contribution < -0.4 is 10.5 Å². The van der Waals surface area contributed by atoms with Crippen molar-refractivity contribution in [1.82, 2.24) is 0 Å². The summed E-state index contributed by atoms with van der Waals surface area (Å²) in [5.41, 5.74) is 9.26. The summed E-state index contributed by atoms with van der Waals surface area (Å²) in [6.45, 7) is 4.76. The molecule has 0 spiro atoms. The fourth-order valence-electron chi connectivity index (χ4n) is 1.93. The Balaban J connectivity index is 2.20. The van der Waals surface area contributed by atoms with Crippen LogP contribution in [-0.4, -0.2) is 0 Å². The van der Waals surface area contributed by atoms with Gasteiger partial charge in [0.25, 0.3) is 0 Å². The Morgan fingerprint density at radius 1 is 1.06 bits per heavy atom. The molecule has 0 fully saturated rings. The summed E-state index contributed by atoms with van der Waals surface area (Å²) < 4.78 is 5.86. The van der Waals surface area contributed by atoms with Crippen LogP contribution in [0.3, 0.4) is 0 Å². The molecular formula is C16H19NO. The molecule has 2 rings (SSSR count). The molecule has 0 saturated carbocycles. The highest BCUT2D eigenvalue weighted by molar-refractivity contribution is 5.38. The number of rotatable bonds is 4. The Labute approximate surface area is 108 Å². The molecule has 0 unspecified atom stereocenters. The fourth-order valence-corrected chi connectivity index (χ4v) is 1.93. The smallest absolute Gasteiger partial charge is 0.127 e. The summed E-state index contributed by atoms with van der Waals surface area (Å²) in [4.78, 5) is 0. The summed E-state index contributed by atoms with van der Waals surface area (Å²) in [5, 5.41) is 0. The molecule has 18 heavy (non-hydrogen) atoms. The van der Waals surface area contributed by atoms with Crippen molar-refractivity contribution in [3.63, 3.8) is 0 Å². The van der Waals surface area contributed by atoms with Crippen LogP contribution in [0.15, 0.2) is 42.5 Å². The van der Waals surface area contributed by atoms with E-state index in [1.54, 1.807) is 0 Å². The van der Waals surface area contributed by atoms with E-state index in [-0.39, 0.29) is 0 Å². The molecule has 2 aromatic carbocycles. The van der Waals surface area contributed by atoms with Crippen molar-refractivity contribution in [2.24, 2.45) is 5.73 Å². The van der Waals surface area contributed by atoms with E-state index in [2.05, 4.69) is 26.0 Å². The van der Waals surface area contributed by atoms with Crippen molar-refractivity contribution < 1.29 is 4.74 Å². The van der Waals surface area contributed by atoms with E-state index in [1.165, 1.54) is 11.1 Å². The van der Waals surface area contributed by atoms with Gasteiger partial charge < -0.3 is 10.5 Å². The van der Waals surface area contributed by atoms with Gasteiger partial charge in [0.05, 0.1) is 0 Å². The minimum Gasteiger partial charge on any atom is -0.457 e. The summed E-state index contributed by atoms with van der Waals surface area (Å²) in [7, 11) is 0. The molecule has 2 N–H and O–H groups in total. The van der Waals surface area contributed by atoms with E-state index in [4.69, 9.17) is 10.5 Å². The highest BCUT2D eigenvalue weighted by atomic mass is 16.5. The van der Waals surface area contributed by atoms with Gasteiger partial charge in [-0.2, -0.15) is 0 Å². The monoisotopic (exact) mass is 241 g/mol. The highest BCUT2D eigenvalue weighted by Crippen LogP contribution is 2.24. The van der Waals surface area contributed by atoms with Crippen LogP contribution in [0.2, 0.25) is 0 Å². The number of hydrogen-bond donors (Lipinski definition) is 1. The molecule has 0 aliphatic heterocycles. The maximum Gasteiger partial charge on any atom is 0.127 e. The summed E-state index contributed by atoms with van der Waals surface area (Å²) in [6, 6.07) is 14.2. The quantitative estimate of drug-likeness (QED) is 0.883. The van der Waals surface area contributed by atoms with Crippen LogP contribution >= 0.6 is 0 Å². The maximum absolute atomic E-state index is 5.86. The van der Waals surface area contributed by atoms with Crippen molar-refractivity contribution in [3.8, 4) is 11.5 Å². The molecule has 0 aliphatic carbocycles. The van der Waals surface area contributed by atoms with Gasteiger partial charge in [-0.25, -0.2) is 0 Å². The minimum absolute atomic E-state index is 0.567. The molecule has 0 radical (unpaired) electrons. The van der Waals surface area contributed by atoms with Gasteiger partial charge in [-0.05, 0) is 54.3 Å². The molecule has 94 valence electrons. The van der Waals surface area contributed by atoms with Crippen molar-refractivity contribution in [2.75, 3.05) is 0 Å². The molecule has 0 saturated heterocycles. The molecule has 2 aromatic rings. The zero-order valence-corrected chi connectivity index (χ0v) is 10.9. The first kappa shape index (κ1) is 12.7. The zero-order valence-electron chi connectivity index (χ0n) is 10.9. The average Bonchev–Trinajstić information content (AvgIpc) is 2.39. The molecule has 2 heteroatoms. The number of ether oxygens (including phenoxy) is 1. The second kappa shape index (κ2) is 5.69. The lowest BCUT2D eigenvalue weighted by Crippen LogP contribution is -1.98. The molecule has 0 aliphatic rings. The maximum atomic E-state index is 5.86. The largest absolute Gasteiger partial charge is 0.457 e. The van der Waals surface area contributed by atoms with Gasteiger partial charge in [0, 0.05) is 6.54 Å². The van der Waals surface area contributed by atoms with Crippen molar-refractivity contribution >= 4 is 0 Å². The van der Waals surface area contributed by atoms with Crippen molar-refractivity contribution in [2.45, 2.75) is 26.8 Å². The second-order valence-corrected chi connectivity index (χ2v) is 4.40. The third kappa shape index (κ3) is 2.90. The normalized spacial score (nSPS) is 10.4. The van der Waals surface area contributed by atoms with E-state index >= 15 is 0 Å². The van der Waals surface area contributed by atoms with Crippen LogP contribution in [0.4, 0.5) is 0 Å².